The molecular weight excluding hydrogens is 338 g/mol. The highest BCUT2D eigenvalue weighted by Crippen LogP contribution is 2.33. The fraction of sp³-hybridized carbons (Fsp3) is 0.533. The highest BCUT2D eigenvalue weighted by molar-refractivity contribution is 9.10. The number of carbonyl (C=O) groups is 1. The van der Waals surface area contributed by atoms with E-state index in [4.69, 9.17) is 9.47 Å². The standard InChI is InChI=1S/C15H20BrNO4/c1-20-10-6-11(14(21-2)12(16)7-10)15(19)17-8-9-4-3-5-13(9)18/h6-7,9,13,18H,3-5,8H2,1-2H3,(H,17,19). The maximum Gasteiger partial charge on any atom is 0.255 e. The Kier molecular flexibility index (Phi) is 5.47. The van der Waals surface area contributed by atoms with E-state index in [0.717, 1.165) is 19.3 Å². The lowest BCUT2D eigenvalue weighted by atomic mass is 10.1. The molecule has 2 rings (SSSR count). The molecule has 2 N–H and O–H groups in total. The molecule has 2 unspecified atom stereocenters. The van der Waals surface area contributed by atoms with Gasteiger partial charge in [0.15, 0.2) is 0 Å². The minimum Gasteiger partial charge on any atom is -0.497 e. The molecule has 5 nitrogen and oxygen atoms in total. The summed E-state index contributed by atoms with van der Waals surface area (Å²) in [6.07, 6.45) is 2.45. The predicted octanol–water partition coefficient (Wildman–Crippen LogP) is 2.36. The van der Waals surface area contributed by atoms with Crippen molar-refractivity contribution in [1.29, 1.82) is 0 Å². The molecule has 1 aromatic carbocycles. The van der Waals surface area contributed by atoms with Crippen molar-refractivity contribution in [2.75, 3.05) is 20.8 Å². The molecule has 0 aliphatic heterocycles. The largest absolute Gasteiger partial charge is 0.497 e. The van der Waals surface area contributed by atoms with E-state index >= 15 is 0 Å². The van der Waals surface area contributed by atoms with Crippen LogP contribution in [-0.2, 0) is 0 Å². The summed E-state index contributed by atoms with van der Waals surface area (Å²) >= 11 is 3.37. The summed E-state index contributed by atoms with van der Waals surface area (Å²) in [5, 5.41) is 12.7. The molecule has 1 fully saturated rings. The number of rotatable bonds is 5. The van der Waals surface area contributed by atoms with Gasteiger partial charge in [0, 0.05) is 12.5 Å². The van der Waals surface area contributed by atoms with Crippen LogP contribution in [0.2, 0.25) is 0 Å². The molecule has 6 heteroatoms. The highest BCUT2D eigenvalue weighted by Gasteiger charge is 2.26. The molecule has 0 aromatic heterocycles. The summed E-state index contributed by atoms with van der Waals surface area (Å²) in [7, 11) is 3.06. The van der Waals surface area contributed by atoms with E-state index in [0.29, 0.717) is 28.1 Å². The molecule has 1 amide bonds. The molecule has 0 radical (unpaired) electrons. The lowest BCUT2D eigenvalue weighted by Crippen LogP contribution is -2.32. The Morgan fingerprint density at radius 3 is 2.71 bits per heavy atom. The zero-order valence-electron chi connectivity index (χ0n) is 12.2. The third kappa shape index (κ3) is 3.68. The third-order valence-electron chi connectivity index (χ3n) is 3.85. The van der Waals surface area contributed by atoms with Crippen molar-refractivity contribution < 1.29 is 19.4 Å². The van der Waals surface area contributed by atoms with Gasteiger partial charge < -0.3 is 19.9 Å². The van der Waals surface area contributed by atoms with Crippen LogP contribution in [0.5, 0.6) is 11.5 Å². The third-order valence-corrected chi connectivity index (χ3v) is 4.43. The van der Waals surface area contributed by atoms with Gasteiger partial charge in [-0.3, -0.25) is 4.79 Å². The average molecular weight is 358 g/mol. The number of amides is 1. The maximum absolute atomic E-state index is 12.4. The van der Waals surface area contributed by atoms with Crippen LogP contribution >= 0.6 is 15.9 Å². The number of carbonyl (C=O) groups excluding carboxylic acids is 1. The van der Waals surface area contributed by atoms with Gasteiger partial charge in [-0.05, 0) is 40.9 Å². The van der Waals surface area contributed by atoms with Crippen LogP contribution in [0.4, 0.5) is 0 Å². The van der Waals surface area contributed by atoms with Gasteiger partial charge in [0.25, 0.3) is 5.91 Å². The fourth-order valence-electron chi connectivity index (χ4n) is 2.64. The summed E-state index contributed by atoms with van der Waals surface area (Å²) < 4.78 is 11.1. The summed E-state index contributed by atoms with van der Waals surface area (Å²) in [5.41, 5.74) is 0.413. The van der Waals surface area contributed by atoms with Crippen LogP contribution in [0, 0.1) is 5.92 Å². The van der Waals surface area contributed by atoms with Crippen molar-refractivity contribution in [3.05, 3.63) is 22.2 Å². The fourth-order valence-corrected chi connectivity index (χ4v) is 3.24. The molecule has 2 atom stereocenters. The van der Waals surface area contributed by atoms with Gasteiger partial charge >= 0.3 is 0 Å². The van der Waals surface area contributed by atoms with Gasteiger partial charge in [-0.15, -0.1) is 0 Å². The second-order valence-electron chi connectivity index (χ2n) is 5.16. The number of ether oxygens (including phenoxy) is 2. The number of hydrogen-bond acceptors (Lipinski definition) is 4. The number of aliphatic hydroxyl groups is 1. The molecular formula is C15H20BrNO4. The molecule has 1 aliphatic carbocycles. The summed E-state index contributed by atoms with van der Waals surface area (Å²) in [5.74, 6) is 0.952. The monoisotopic (exact) mass is 357 g/mol. The van der Waals surface area contributed by atoms with E-state index in [2.05, 4.69) is 21.2 Å². The molecule has 0 saturated heterocycles. The van der Waals surface area contributed by atoms with Gasteiger partial charge in [-0.2, -0.15) is 0 Å². The van der Waals surface area contributed by atoms with Crippen LogP contribution in [-0.4, -0.2) is 37.9 Å². The number of hydrogen-bond donors (Lipinski definition) is 2. The van der Waals surface area contributed by atoms with E-state index in [-0.39, 0.29) is 17.9 Å². The van der Waals surface area contributed by atoms with Crippen molar-refractivity contribution in [2.45, 2.75) is 25.4 Å². The lowest BCUT2D eigenvalue weighted by molar-refractivity contribution is 0.0913. The number of halogens is 1. The molecule has 0 heterocycles. The topological polar surface area (TPSA) is 67.8 Å². The molecule has 1 saturated carbocycles. The molecule has 1 aromatic rings. The first-order chi connectivity index (χ1) is 10.1. The van der Waals surface area contributed by atoms with Crippen LogP contribution in [0.25, 0.3) is 0 Å². The number of methoxy groups -OCH3 is 2. The quantitative estimate of drug-likeness (QED) is 0.848. The minimum absolute atomic E-state index is 0.133. The predicted molar refractivity (Wildman–Crippen MR) is 82.9 cm³/mol. The Morgan fingerprint density at radius 2 is 2.14 bits per heavy atom. The number of benzene rings is 1. The molecule has 116 valence electrons. The smallest absolute Gasteiger partial charge is 0.255 e. The van der Waals surface area contributed by atoms with E-state index < -0.39 is 0 Å². The van der Waals surface area contributed by atoms with Crippen LogP contribution < -0.4 is 14.8 Å². The first-order valence-electron chi connectivity index (χ1n) is 6.94. The van der Waals surface area contributed by atoms with Crippen molar-refractivity contribution in [3.8, 4) is 11.5 Å². The zero-order valence-corrected chi connectivity index (χ0v) is 13.8. The van der Waals surface area contributed by atoms with Gasteiger partial charge in [0.1, 0.15) is 11.5 Å². The molecule has 21 heavy (non-hydrogen) atoms. The van der Waals surface area contributed by atoms with Gasteiger partial charge in [-0.1, -0.05) is 6.42 Å². The van der Waals surface area contributed by atoms with Crippen molar-refractivity contribution in [1.82, 2.24) is 5.32 Å². The first-order valence-corrected chi connectivity index (χ1v) is 7.74. The van der Waals surface area contributed by atoms with E-state index in [1.165, 1.54) is 7.11 Å². The lowest BCUT2D eigenvalue weighted by Gasteiger charge is -2.17. The van der Waals surface area contributed by atoms with Crippen molar-refractivity contribution in [2.24, 2.45) is 5.92 Å². The van der Waals surface area contributed by atoms with Crippen molar-refractivity contribution in [3.63, 3.8) is 0 Å². The maximum atomic E-state index is 12.4. The van der Waals surface area contributed by atoms with Gasteiger partial charge in [-0.25, -0.2) is 0 Å². The minimum atomic E-state index is -0.316. The van der Waals surface area contributed by atoms with E-state index in [1.54, 1.807) is 19.2 Å². The Labute approximate surface area is 132 Å². The molecule has 1 aliphatic rings. The van der Waals surface area contributed by atoms with E-state index in [1.807, 2.05) is 0 Å². The summed E-state index contributed by atoms with van der Waals surface area (Å²) in [6.45, 7) is 0.470. The SMILES string of the molecule is COc1cc(Br)c(OC)c(C(=O)NCC2CCCC2O)c1. The zero-order chi connectivity index (χ0) is 15.4. The van der Waals surface area contributed by atoms with Crippen LogP contribution in [0.3, 0.4) is 0 Å². The van der Waals surface area contributed by atoms with Gasteiger partial charge in [0.05, 0.1) is 30.4 Å². The van der Waals surface area contributed by atoms with Crippen LogP contribution in [0.1, 0.15) is 29.6 Å². The van der Waals surface area contributed by atoms with Crippen LogP contribution in [0.15, 0.2) is 16.6 Å². The first kappa shape index (κ1) is 16.1. The van der Waals surface area contributed by atoms with Gasteiger partial charge in [0.2, 0.25) is 0 Å². The number of nitrogens with one attached hydrogen (secondary N) is 1. The highest BCUT2D eigenvalue weighted by atomic mass is 79.9. The normalized spacial score (nSPS) is 21.1. The average Bonchev–Trinajstić information content (AvgIpc) is 2.89. The van der Waals surface area contributed by atoms with E-state index in [9.17, 15) is 9.90 Å². The number of aliphatic hydroxyl groups excluding tert-OH is 1. The Balaban J connectivity index is 2.12. The Bertz CT molecular complexity index is 521. The molecule has 0 bridgehead atoms. The summed E-state index contributed by atoms with van der Waals surface area (Å²) in [4.78, 5) is 12.4. The van der Waals surface area contributed by atoms with Crippen molar-refractivity contribution >= 4 is 21.8 Å². The Morgan fingerprint density at radius 1 is 1.38 bits per heavy atom. The summed E-state index contributed by atoms with van der Waals surface area (Å²) in [6, 6.07) is 3.39. The second-order valence-corrected chi connectivity index (χ2v) is 6.01. The Hall–Kier alpha value is -1.27. The second kappa shape index (κ2) is 7.13. The molecule has 0 spiro atoms.